The fourth-order valence-corrected chi connectivity index (χ4v) is 1.78. The number of hydrogen-bond acceptors (Lipinski definition) is 3. The molecule has 4 heteroatoms. The third kappa shape index (κ3) is 3.72. The first-order valence-corrected chi connectivity index (χ1v) is 5.93. The van der Waals surface area contributed by atoms with Crippen molar-refractivity contribution in [3.8, 4) is 6.07 Å². The Balaban J connectivity index is 3.07. The van der Waals surface area contributed by atoms with Gasteiger partial charge in [-0.25, -0.2) is 4.79 Å². The van der Waals surface area contributed by atoms with Gasteiger partial charge in [-0.1, -0.05) is 22.0 Å². The van der Waals surface area contributed by atoms with E-state index in [0.717, 1.165) is 15.6 Å². The van der Waals surface area contributed by atoms with E-state index < -0.39 is 5.97 Å². The lowest BCUT2D eigenvalue weighted by Crippen LogP contribution is -2.06. The van der Waals surface area contributed by atoms with Crippen molar-refractivity contribution in [3.05, 3.63) is 39.4 Å². The van der Waals surface area contributed by atoms with Gasteiger partial charge in [-0.05, 0) is 43.2 Å². The summed E-state index contributed by atoms with van der Waals surface area (Å²) in [5.41, 5.74) is 1.83. The van der Waals surface area contributed by atoms with Crippen molar-refractivity contribution >= 4 is 28.0 Å². The molecule has 0 aliphatic carbocycles. The van der Waals surface area contributed by atoms with Gasteiger partial charge in [-0.2, -0.15) is 5.26 Å². The van der Waals surface area contributed by atoms with Crippen LogP contribution in [0.2, 0.25) is 0 Å². The van der Waals surface area contributed by atoms with Gasteiger partial charge in [0.15, 0.2) is 0 Å². The van der Waals surface area contributed by atoms with Crippen LogP contribution >= 0.6 is 15.9 Å². The summed E-state index contributed by atoms with van der Waals surface area (Å²) in [4.78, 5) is 11.4. The number of nitriles is 1. The summed E-state index contributed by atoms with van der Waals surface area (Å²) in [6.07, 6.45) is 1.54. The summed E-state index contributed by atoms with van der Waals surface area (Å²) in [5, 5.41) is 8.90. The number of ether oxygens (including phenoxy) is 1. The number of esters is 1. The van der Waals surface area contributed by atoms with Crippen molar-refractivity contribution in [1.82, 2.24) is 0 Å². The molecule has 17 heavy (non-hydrogen) atoms. The van der Waals surface area contributed by atoms with Crippen LogP contribution in [0.15, 0.2) is 28.2 Å². The van der Waals surface area contributed by atoms with E-state index in [9.17, 15) is 4.79 Å². The summed E-state index contributed by atoms with van der Waals surface area (Å²) in [6, 6.07) is 7.48. The largest absolute Gasteiger partial charge is 0.462 e. The highest BCUT2D eigenvalue weighted by molar-refractivity contribution is 9.10. The number of aryl methyl sites for hydroxylation is 1. The number of benzene rings is 1. The lowest BCUT2D eigenvalue weighted by Gasteiger charge is -2.03. The zero-order valence-corrected chi connectivity index (χ0v) is 11.2. The molecule has 1 aromatic carbocycles. The number of nitrogens with zero attached hydrogens (tertiary/aromatic N) is 1. The lowest BCUT2D eigenvalue weighted by molar-refractivity contribution is -0.137. The molecule has 0 spiro atoms. The second-order valence-corrected chi connectivity index (χ2v) is 4.31. The predicted molar refractivity (Wildman–Crippen MR) is 69.1 cm³/mol. The lowest BCUT2D eigenvalue weighted by atomic mass is 10.1. The molecule has 0 radical (unpaired) electrons. The van der Waals surface area contributed by atoms with E-state index in [1.807, 2.05) is 31.2 Å². The van der Waals surface area contributed by atoms with Gasteiger partial charge in [0, 0.05) is 4.47 Å². The molecule has 0 aliphatic rings. The summed E-state index contributed by atoms with van der Waals surface area (Å²) < 4.78 is 5.75. The van der Waals surface area contributed by atoms with Gasteiger partial charge < -0.3 is 4.74 Å². The van der Waals surface area contributed by atoms with Crippen LogP contribution in [-0.4, -0.2) is 12.6 Å². The number of halogens is 1. The molecule has 0 unspecified atom stereocenters. The van der Waals surface area contributed by atoms with Crippen LogP contribution in [0.4, 0.5) is 0 Å². The fraction of sp³-hybridized carbons (Fsp3) is 0.231. The first-order valence-electron chi connectivity index (χ1n) is 5.13. The second-order valence-electron chi connectivity index (χ2n) is 3.39. The Hall–Kier alpha value is -1.60. The summed E-state index contributed by atoms with van der Waals surface area (Å²) in [5.74, 6) is -0.586. The minimum absolute atomic E-state index is 0.0114. The normalized spacial score (nSPS) is 10.8. The molecular weight excluding hydrogens is 282 g/mol. The Morgan fingerprint density at radius 1 is 1.59 bits per heavy atom. The van der Waals surface area contributed by atoms with Crippen LogP contribution < -0.4 is 0 Å². The van der Waals surface area contributed by atoms with Gasteiger partial charge in [0.2, 0.25) is 0 Å². The number of rotatable bonds is 3. The molecule has 0 aliphatic heterocycles. The van der Waals surface area contributed by atoms with Crippen molar-refractivity contribution in [2.45, 2.75) is 13.8 Å². The molecule has 0 bridgehead atoms. The van der Waals surface area contributed by atoms with Crippen LogP contribution in [0, 0.1) is 18.3 Å². The Labute approximate surface area is 109 Å². The van der Waals surface area contributed by atoms with Crippen LogP contribution in [-0.2, 0) is 9.53 Å². The molecule has 0 heterocycles. The SMILES string of the molecule is CCOC(=O)/C(C#N)=C/c1ccc(Br)cc1C. The average Bonchev–Trinajstić information content (AvgIpc) is 2.28. The van der Waals surface area contributed by atoms with Gasteiger partial charge in [-0.15, -0.1) is 0 Å². The van der Waals surface area contributed by atoms with E-state index >= 15 is 0 Å². The zero-order valence-electron chi connectivity index (χ0n) is 9.66. The maximum Gasteiger partial charge on any atom is 0.348 e. The topological polar surface area (TPSA) is 50.1 Å². The van der Waals surface area contributed by atoms with Crippen molar-refractivity contribution < 1.29 is 9.53 Å². The Kier molecular flexibility index (Phi) is 4.92. The first-order chi connectivity index (χ1) is 8.08. The standard InChI is InChI=1S/C13H12BrNO2/c1-3-17-13(16)11(8-15)7-10-4-5-12(14)6-9(10)2/h4-7H,3H2,1-2H3/b11-7+. The molecular formula is C13H12BrNO2. The molecule has 3 nitrogen and oxygen atoms in total. The highest BCUT2D eigenvalue weighted by Crippen LogP contribution is 2.18. The molecule has 1 rings (SSSR count). The van der Waals surface area contributed by atoms with Gasteiger partial charge in [0.1, 0.15) is 11.6 Å². The third-order valence-electron chi connectivity index (χ3n) is 2.15. The highest BCUT2D eigenvalue weighted by atomic mass is 79.9. The van der Waals surface area contributed by atoms with E-state index in [1.54, 1.807) is 13.0 Å². The van der Waals surface area contributed by atoms with Crippen molar-refractivity contribution in [2.24, 2.45) is 0 Å². The molecule has 0 saturated heterocycles. The molecule has 0 aromatic heterocycles. The smallest absolute Gasteiger partial charge is 0.348 e. The van der Waals surface area contributed by atoms with E-state index in [4.69, 9.17) is 10.00 Å². The van der Waals surface area contributed by atoms with Crippen LogP contribution in [0.25, 0.3) is 6.08 Å². The number of carbonyl (C=O) groups excluding carboxylic acids is 1. The Bertz CT molecular complexity index is 501. The predicted octanol–water partition coefficient (Wildman–Crippen LogP) is 3.23. The minimum atomic E-state index is -0.586. The van der Waals surface area contributed by atoms with E-state index in [1.165, 1.54) is 0 Å². The van der Waals surface area contributed by atoms with Gasteiger partial charge in [0.05, 0.1) is 6.61 Å². The number of carbonyl (C=O) groups is 1. The van der Waals surface area contributed by atoms with Crippen LogP contribution in [0.3, 0.4) is 0 Å². The molecule has 0 N–H and O–H groups in total. The van der Waals surface area contributed by atoms with E-state index in [2.05, 4.69) is 15.9 Å². The van der Waals surface area contributed by atoms with Crippen LogP contribution in [0.5, 0.6) is 0 Å². The van der Waals surface area contributed by atoms with Crippen molar-refractivity contribution in [1.29, 1.82) is 5.26 Å². The van der Waals surface area contributed by atoms with Crippen molar-refractivity contribution in [3.63, 3.8) is 0 Å². The monoisotopic (exact) mass is 293 g/mol. The average molecular weight is 294 g/mol. The molecule has 88 valence electrons. The van der Waals surface area contributed by atoms with Gasteiger partial charge >= 0.3 is 5.97 Å². The van der Waals surface area contributed by atoms with Crippen LogP contribution in [0.1, 0.15) is 18.1 Å². The molecule has 0 saturated carbocycles. The second kappa shape index (κ2) is 6.21. The third-order valence-corrected chi connectivity index (χ3v) is 2.64. The summed E-state index contributed by atoms with van der Waals surface area (Å²) in [7, 11) is 0. The Morgan fingerprint density at radius 2 is 2.29 bits per heavy atom. The van der Waals surface area contributed by atoms with Crippen molar-refractivity contribution in [2.75, 3.05) is 6.61 Å². The molecule has 0 fully saturated rings. The van der Waals surface area contributed by atoms with Gasteiger partial charge in [-0.3, -0.25) is 0 Å². The zero-order chi connectivity index (χ0) is 12.8. The quantitative estimate of drug-likeness (QED) is 0.488. The van der Waals surface area contributed by atoms with Gasteiger partial charge in [0.25, 0.3) is 0 Å². The number of hydrogen-bond donors (Lipinski definition) is 0. The molecule has 1 aromatic rings. The molecule has 0 atom stereocenters. The summed E-state index contributed by atoms with van der Waals surface area (Å²) in [6.45, 7) is 3.88. The highest BCUT2D eigenvalue weighted by Gasteiger charge is 2.10. The Morgan fingerprint density at radius 3 is 2.82 bits per heavy atom. The van der Waals surface area contributed by atoms with E-state index in [0.29, 0.717) is 0 Å². The summed E-state index contributed by atoms with van der Waals surface area (Å²) >= 11 is 3.36. The van der Waals surface area contributed by atoms with E-state index in [-0.39, 0.29) is 12.2 Å². The maximum absolute atomic E-state index is 11.4. The maximum atomic E-state index is 11.4. The first kappa shape index (κ1) is 13.5. The molecule has 0 amide bonds. The minimum Gasteiger partial charge on any atom is -0.462 e. The fourth-order valence-electron chi connectivity index (χ4n) is 1.30.